The third kappa shape index (κ3) is 6.00. The van der Waals surface area contributed by atoms with Crippen molar-refractivity contribution in [3.63, 3.8) is 0 Å². The first-order chi connectivity index (χ1) is 11.2. The number of aliphatic carboxylic acids is 1. The maximum atomic E-state index is 12.3. The highest BCUT2D eigenvalue weighted by Crippen LogP contribution is 2.21. The lowest BCUT2D eigenvalue weighted by Crippen LogP contribution is -2.51. The maximum Gasteiger partial charge on any atom is 0.305 e. The normalized spacial score (nSPS) is 14.5. The Morgan fingerprint density at radius 1 is 1.04 bits per heavy atom. The molecule has 1 aromatic rings. The van der Waals surface area contributed by atoms with E-state index < -0.39 is 30.4 Å². The number of carbonyl (C=O) groups excluding carboxylic acids is 2. The minimum absolute atomic E-state index is 0.161. The van der Waals surface area contributed by atoms with Crippen LogP contribution in [-0.2, 0) is 14.4 Å². The van der Waals surface area contributed by atoms with Gasteiger partial charge in [-0.2, -0.15) is 0 Å². The zero-order valence-corrected chi connectivity index (χ0v) is 14.2. The van der Waals surface area contributed by atoms with E-state index >= 15 is 0 Å². The number of nitrogens with one attached hydrogen (secondary N) is 2. The van der Waals surface area contributed by atoms with Gasteiger partial charge in [0.05, 0.1) is 18.5 Å². The molecule has 0 heterocycles. The molecule has 0 aromatic heterocycles. The standard InChI is InChI=1S/C17H25N3O4/c1-10(2)15(12-7-5-4-6-8-12)20-16(23)11(3)19-17(24)13(18)9-14(21)22/h4-8,10-11,13,15H,9,18H2,1-3H3,(H,19,24)(H,20,23)(H,21,22)/t11-,13+,15+/m1/s1. The maximum absolute atomic E-state index is 12.3. The highest BCUT2D eigenvalue weighted by atomic mass is 16.4. The minimum Gasteiger partial charge on any atom is -0.481 e. The Kier molecular flexibility index (Phi) is 7.38. The molecular weight excluding hydrogens is 310 g/mol. The minimum atomic E-state index is -1.19. The smallest absolute Gasteiger partial charge is 0.305 e. The molecular formula is C17H25N3O4. The topological polar surface area (TPSA) is 122 Å². The van der Waals surface area contributed by atoms with Crippen molar-refractivity contribution in [2.75, 3.05) is 0 Å². The Labute approximate surface area is 141 Å². The van der Waals surface area contributed by atoms with Crippen LogP contribution in [0.5, 0.6) is 0 Å². The highest BCUT2D eigenvalue weighted by molar-refractivity contribution is 5.91. The lowest BCUT2D eigenvalue weighted by molar-refractivity contribution is -0.139. The molecule has 0 unspecified atom stereocenters. The van der Waals surface area contributed by atoms with Gasteiger partial charge in [-0.05, 0) is 18.4 Å². The van der Waals surface area contributed by atoms with E-state index in [-0.39, 0.29) is 17.9 Å². The number of hydrogen-bond donors (Lipinski definition) is 4. The van der Waals surface area contributed by atoms with Crippen molar-refractivity contribution in [3.05, 3.63) is 35.9 Å². The molecule has 0 spiro atoms. The Balaban J connectivity index is 2.67. The summed E-state index contributed by atoms with van der Waals surface area (Å²) in [6.07, 6.45) is -0.487. The molecule has 3 atom stereocenters. The predicted molar refractivity (Wildman–Crippen MR) is 90.0 cm³/mol. The monoisotopic (exact) mass is 335 g/mol. The van der Waals surface area contributed by atoms with Crippen molar-refractivity contribution in [1.82, 2.24) is 10.6 Å². The van der Waals surface area contributed by atoms with Gasteiger partial charge in [-0.3, -0.25) is 14.4 Å². The van der Waals surface area contributed by atoms with Crippen LogP contribution >= 0.6 is 0 Å². The summed E-state index contributed by atoms with van der Waals surface area (Å²) in [6.45, 7) is 5.51. The second-order valence-corrected chi connectivity index (χ2v) is 6.08. The Hall–Kier alpha value is -2.41. The van der Waals surface area contributed by atoms with E-state index in [1.54, 1.807) is 0 Å². The zero-order chi connectivity index (χ0) is 18.3. The molecule has 24 heavy (non-hydrogen) atoms. The molecule has 2 amide bonds. The number of rotatable bonds is 8. The zero-order valence-electron chi connectivity index (χ0n) is 14.2. The van der Waals surface area contributed by atoms with E-state index in [1.165, 1.54) is 6.92 Å². The number of amides is 2. The van der Waals surface area contributed by atoms with Crippen LogP contribution in [-0.4, -0.2) is 35.0 Å². The van der Waals surface area contributed by atoms with Crippen LogP contribution in [0, 0.1) is 5.92 Å². The molecule has 0 aliphatic carbocycles. The molecule has 0 saturated heterocycles. The fraction of sp³-hybridized carbons (Fsp3) is 0.471. The molecule has 1 rings (SSSR count). The largest absolute Gasteiger partial charge is 0.481 e. The molecule has 0 aliphatic rings. The first-order valence-electron chi connectivity index (χ1n) is 7.85. The van der Waals surface area contributed by atoms with Gasteiger partial charge in [0.1, 0.15) is 6.04 Å². The third-order valence-corrected chi connectivity index (χ3v) is 3.61. The molecule has 5 N–H and O–H groups in total. The summed E-state index contributed by atoms with van der Waals surface area (Å²) in [5, 5.41) is 14.0. The quantitative estimate of drug-likeness (QED) is 0.560. The van der Waals surface area contributed by atoms with Crippen molar-refractivity contribution in [2.45, 2.75) is 45.3 Å². The SMILES string of the molecule is CC(C)[C@H](NC(=O)[C@@H](C)NC(=O)[C@@H](N)CC(=O)O)c1ccccc1. The van der Waals surface area contributed by atoms with Crippen LogP contribution in [0.1, 0.15) is 38.8 Å². The van der Waals surface area contributed by atoms with E-state index in [0.717, 1.165) is 5.56 Å². The van der Waals surface area contributed by atoms with Gasteiger partial charge in [0.25, 0.3) is 0 Å². The molecule has 0 bridgehead atoms. The lowest BCUT2D eigenvalue weighted by Gasteiger charge is -2.25. The number of benzene rings is 1. The fourth-order valence-corrected chi connectivity index (χ4v) is 2.24. The number of carboxylic acids is 1. The molecule has 0 fully saturated rings. The number of hydrogen-bond acceptors (Lipinski definition) is 4. The van der Waals surface area contributed by atoms with Crippen LogP contribution in [0.2, 0.25) is 0 Å². The van der Waals surface area contributed by atoms with Crippen LogP contribution in [0.25, 0.3) is 0 Å². The van der Waals surface area contributed by atoms with Crippen molar-refractivity contribution in [2.24, 2.45) is 11.7 Å². The van der Waals surface area contributed by atoms with E-state index in [4.69, 9.17) is 10.8 Å². The van der Waals surface area contributed by atoms with Gasteiger partial charge < -0.3 is 21.5 Å². The summed E-state index contributed by atoms with van der Waals surface area (Å²) in [7, 11) is 0. The summed E-state index contributed by atoms with van der Waals surface area (Å²) in [6, 6.07) is 7.35. The second-order valence-electron chi connectivity index (χ2n) is 6.08. The second kappa shape index (κ2) is 9.02. The fourth-order valence-electron chi connectivity index (χ4n) is 2.24. The molecule has 0 aliphatic heterocycles. The van der Waals surface area contributed by atoms with Crippen LogP contribution in [0.15, 0.2) is 30.3 Å². The molecule has 7 nitrogen and oxygen atoms in total. The van der Waals surface area contributed by atoms with Gasteiger partial charge in [-0.1, -0.05) is 44.2 Å². The summed E-state index contributed by atoms with van der Waals surface area (Å²) >= 11 is 0. The first kappa shape index (κ1) is 19.6. The van der Waals surface area contributed by atoms with E-state index in [9.17, 15) is 14.4 Å². The van der Waals surface area contributed by atoms with Gasteiger partial charge in [0, 0.05) is 0 Å². The number of nitrogens with two attached hydrogens (primary N) is 1. The molecule has 7 heteroatoms. The van der Waals surface area contributed by atoms with Gasteiger partial charge in [0.2, 0.25) is 11.8 Å². The van der Waals surface area contributed by atoms with Crippen LogP contribution in [0.3, 0.4) is 0 Å². The van der Waals surface area contributed by atoms with Crippen molar-refractivity contribution in [3.8, 4) is 0 Å². The average Bonchev–Trinajstić information content (AvgIpc) is 2.51. The van der Waals surface area contributed by atoms with E-state index in [2.05, 4.69) is 10.6 Å². The van der Waals surface area contributed by atoms with Gasteiger partial charge in [0.15, 0.2) is 0 Å². The van der Waals surface area contributed by atoms with Crippen molar-refractivity contribution in [1.29, 1.82) is 0 Å². The average molecular weight is 335 g/mol. The Morgan fingerprint density at radius 3 is 2.12 bits per heavy atom. The van der Waals surface area contributed by atoms with Crippen molar-refractivity contribution < 1.29 is 19.5 Å². The molecule has 0 saturated carbocycles. The Bertz CT molecular complexity index is 574. The van der Waals surface area contributed by atoms with E-state index in [0.29, 0.717) is 0 Å². The van der Waals surface area contributed by atoms with Crippen LogP contribution in [0.4, 0.5) is 0 Å². The van der Waals surface area contributed by atoms with Gasteiger partial charge in [-0.15, -0.1) is 0 Å². The van der Waals surface area contributed by atoms with E-state index in [1.807, 2.05) is 44.2 Å². The third-order valence-electron chi connectivity index (χ3n) is 3.61. The molecule has 0 radical (unpaired) electrons. The summed E-state index contributed by atoms with van der Waals surface area (Å²) < 4.78 is 0. The Morgan fingerprint density at radius 2 is 1.62 bits per heavy atom. The molecule has 132 valence electrons. The summed E-state index contributed by atoms with van der Waals surface area (Å²) in [5.74, 6) is -2.03. The number of carbonyl (C=O) groups is 3. The van der Waals surface area contributed by atoms with Gasteiger partial charge >= 0.3 is 5.97 Å². The summed E-state index contributed by atoms with van der Waals surface area (Å²) in [4.78, 5) is 34.7. The molecule has 1 aromatic carbocycles. The van der Waals surface area contributed by atoms with Gasteiger partial charge in [-0.25, -0.2) is 0 Å². The number of carboxylic acid groups (broad SMARTS) is 1. The predicted octanol–water partition coefficient (Wildman–Crippen LogP) is 0.807. The van der Waals surface area contributed by atoms with Crippen molar-refractivity contribution >= 4 is 17.8 Å². The summed E-state index contributed by atoms with van der Waals surface area (Å²) in [5.41, 5.74) is 6.46. The lowest BCUT2D eigenvalue weighted by atomic mass is 9.96. The first-order valence-corrected chi connectivity index (χ1v) is 7.85. The highest BCUT2D eigenvalue weighted by Gasteiger charge is 2.25. The van der Waals surface area contributed by atoms with Crippen LogP contribution < -0.4 is 16.4 Å².